The molecule has 3 rings (SSSR count). The highest BCUT2D eigenvalue weighted by atomic mass is 19.1. The standard InChI is InChI=1S/C20H19FN4O4/c1-2-20(13-8-4-3-5-9-13)17(27)25(19(29)24-20)12-16(26)23-18(28)22-15-11-7-6-10-14(15)21/h3-11H,2,12H2,1H3,(H,24,29)(H2,22,23,26,28)/t20-/m0/s1. The fourth-order valence-corrected chi connectivity index (χ4v) is 3.16. The van der Waals surface area contributed by atoms with Gasteiger partial charge in [0.25, 0.3) is 5.91 Å². The minimum absolute atomic E-state index is 0.109. The van der Waals surface area contributed by atoms with Crippen LogP contribution in [0.1, 0.15) is 18.9 Å². The van der Waals surface area contributed by atoms with Crippen LogP contribution in [0.5, 0.6) is 0 Å². The average molecular weight is 398 g/mol. The molecule has 0 bridgehead atoms. The molecule has 29 heavy (non-hydrogen) atoms. The van der Waals surface area contributed by atoms with Crippen LogP contribution in [0.15, 0.2) is 54.6 Å². The van der Waals surface area contributed by atoms with Crippen LogP contribution in [-0.2, 0) is 15.1 Å². The first-order valence-corrected chi connectivity index (χ1v) is 8.92. The smallest absolute Gasteiger partial charge is 0.319 e. The third kappa shape index (κ3) is 3.93. The number of carbonyl (C=O) groups is 4. The van der Waals surface area contributed by atoms with E-state index < -0.39 is 41.8 Å². The molecule has 0 spiro atoms. The lowest BCUT2D eigenvalue weighted by Gasteiger charge is -2.25. The zero-order valence-electron chi connectivity index (χ0n) is 15.6. The number of anilines is 1. The summed E-state index contributed by atoms with van der Waals surface area (Å²) in [7, 11) is 0. The van der Waals surface area contributed by atoms with Gasteiger partial charge in [-0.2, -0.15) is 0 Å². The molecule has 8 nitrogen and oxygen atoms in total. The van der Waals surface area contributed by atoms with Gasteiger partial charge in [0.2, 0.25) is 5.91 Å². The molecule has 0 aliphatic carbocycles. The number of urea groups is 2. The number of hydrogen-bond donors (Lipinski definition) is 3. The van der Waals surface area contributed by atoms with Gasteiger partial charge >= 0.3 is 12.1 Å². The molecule has 0 radical (unpaired) electrons. The predicted molar refractivity (Wildman–Crippen MR) is 102 cm³/mol. The predicted octanol–water partition coefficient (Wildman–Crippen LogP) is 2.33. The Balaban J connectivity index is 1.67. The van der Waals surface area contributed by atoms with Crippen LogP contribution in [0, 0.1) is 5.82 Å². The van der Waals surface area contributed by atoms with Crippen molar-refractivity contribution in [3.63, 3.8) is 0 Å². The van der Waals surface area contributed by atoms with E-state index in [1.807, 2.05) is 5.32 Å². The van der Waals surface area contributed by atoms with E-state index in [4.69, 9.17) is 0 Å². The van der Waals surface area contributed by atoms with Crippen molar-refractivity contribution in [1.29, 1.82) is 0 Å². The van der Waals surface area contributed by atoms with Gasteiger partial charge in [-0.05, 0) is 24.1 Å². The lowest BCUT2D eigenvalue weighted by atomic mass is 9.87. The van der Waals surface area contributed by atoms with Gasteiger partial charge < -0.3 is 10.6 Å². The molecular weight excluding hydrogens is 379 g/mol. The second-order valence-corrected chi connectivity index (χ2v) is 6.43. The Kier molecular flexibility index (Phi) is 5.58. The Hall–Kier alpha value is -3.75. The van der Waals surface area contributed by atoms with Gasteiger partial charge in [0.15, 0.2) is 0 Å². The fourth-order valence-electron chi connectivity index (χ4n) is 3.16. The summed E-state index contributed by atoms with van der Waals surface area (Å²) in [5.41, 5.74) is -0.781. The molecule has 3 N–H and O–H groups in total. The van der Waals surface area contributed by atoms with Gasteiger partial charge in [0.1, 0.15) is 17.9 Å². The van der Waals surface area contributed by atoms with Crippen molar-refractivity contribution in [1.82, 2.24) is 15.5 Å². The van der Waals surface area contributed by atoms with Crippen LogP contribution in [0.2, 0.25) is 0 Å². The monoisotopic (exact) mass is 398 g/mol. The van der Waals surface area contributed by atoms with E-state index >= 15 is 0 Å². The molecule has 1 fully saturated rings. The Morgan fingerprint density at radius 3 is 2.38 bits per heavy atom. The van der Waals surface area contributed by atoms with E-state index in [9.17, 15) is 23.6 Å². The van der Waals surface area contributed by atoms with Crippen LogP contribution in [-0.4, -0.2) is 35.3 Å². The number of amides is 6. The van der Waals surface area contributed by atoms with Crippen LogP contribution in [0.4, 0.5) is 19.7 Å². The number of benzene rings is 2. The molecule has 1 saturated heterocycles. The number of nitrogens with zero attached hydrogens (tertiary/aromatic N) is 1. The van der Waals surface area contributed by atoms with Crippen LogP contribution in [0.25, 0.3) is 0 Å². The largest absolute Gasteiger partial charge is 0.326 e. The molecule has 1 aliphatic rings. The maximum absolute atomic E-state index is 13.6. The van der Waals surface area contributed by atoms with E-state index in [1.165, 1.54) is 18.2 Å². The molecule has 0 unspecified atom stereocenters. The summed E-state index contributed by atoms with van der Waals surface area (Å²) in [5, 5.41) is 6.82. The quantitative estimate of drug-likeness (QED) is 0.672. The van der Waals surface area contributed by atoms with Crippen molar-refractivity contribution in [2.24, 2.45) is 0 Å². The molecule has 0 aromatic heterocycles. The van der Waals surface area contributed by atoms with E-state index in [1.54, 1.807) is 37.3 Å². The second-order valence-electron chi connectivity index (χ2n) is 6.43. The van der Waals surface area contributed by atoms with Gasteiger partial charge in [-0.15, -0.1) is 0 Å². The number of para-hydroxylation sites is 1. The lowest BCUT2D eigenvalue weighted by molar-refractivity contribution is -0.135. The number of hydrogen-bond acceptors (Lipinski definition) is 4. The summed E-state index contributed by atoms with van der Waals surface area (Å²) < 4.78 is 13.6. The van der Waals surface area contributed by atoms with Crippen molar-refractivity contribution < 1.29 is 23.6 Å². The zero-order chi connectivity index (χ0) is 21.0. The molecule has 1 heterocycles. The molecular formula is C20H19FN4O4. The Morgan fingerprint density at radius 1 is 1.07 bits per heavy atom. The van der Waals surface area contributed by atoms with Gasteiger partial charge in [0, 0.05) is 0 Å². The minimum Gasteiger partial charge on any atom is -0.319 e. The van der Waals surface area contributed by atoms with Gasteiger partial charge in [-0.25, -0.2) is 14.0 Å². The Labute approximate surface area is 166 Å². The van der Waals surface area contributed by atoms with Crippen LogP contribution >= 0.6 is 0 Å². The van der Waals surface area contributed by atoms with Crippen molar-refractivity contribution in [2.75, 3.05) is 11.9 Å². The molecule has 1 atom stereocenters. The molecule has 9 heteroatoms. The second kappa shape index (κ2) is 8.09. The fraction of sp³-hybridized carbons (Fsp3) is 0.200. The number of imide groups is 2. The van der Waals surface area contributed by atoms with Gasteiger partial charge in [-0.3, -0.25) is 19.8 Å². The van der Waals surface area contributed by atoms with Gasteiger partial charge in [0.05, 0.1) is 5.69 Å². The Bertz CT molecular complexity index is 966. The third-order valence-corrected chi connectivity index (χ3v) is 4.65. The normalized spacial score (nSPS) is 18.3. The Morgan fingerprint density at radius 2 is 1.72 bits per heavy atom. The first-order chi connectivity index (χ1) is 13.9. The van der Waals surface area contributed by atoms with Crippen molar-refractivity contribution >= 4 is 29.6 Å². The molecule has 0 saturated carbocycles. The number of nitrogens with one attached hydrogen (secondary N) is 3. The third-order valence-electron chi connectivity index (χ3n) is 4.65. The lowest BCUT2D eigenvalue weighted by Crippen LogP contribution is -2.46. The molecule has 150 valence electrons. The van der Waals surface area contributed by atoms with Crippen molar-refractivity contribution in [2.45, 2.75) is 18.9 Å². The summed E-state index contributed by atoms with van der Waals surface area (Å²) in [4.78, 5) is 50.1. The highest BCUT2D eigenvalue weighted by molar-refractivity contribution is 6.11. The highest BCUT2D eigenvalue weighted by Gasteiger charge is 2.51. The highest BCUT2D eigenvalue weighted by Crippen LogP contribution is 2.32. The summed E-state index contributed by atoms with van der Waals surface area (Å²) >= 11 is 0. The summed E-state index contributed by atoms with van der Waals surface area (Å²) in [5.74, 6) is -2.14. The summed E-state index contributed by atoms with van der Waals surface area (Å²) in [6, 6.07) is 12.4. The maximum atomic E-state index is 13.6. The molecule has 6 amide bonds. The number of halogens is 1. The molecule has 2 aromatic rings. The van der Waals surface area contributed by atoms with Gasteiger partial charge in [-0.1, -0.05) is 49.4 Å². The van der Waals surface area contributed by atoms with Crippen molar-refractivity contribution in [3.05, 3.63) is 66.0 Å². The van der Waals surface area contributed by atoms with Crippen LogP contribution in [0.3, 0.4) is 0 Å². The number of rotatable bonds is 5. The maximum Gasteiger partial charge on any atom is 0.326 e. The van der Waals surface area contributed by atoms with E-state index in [-0.39, 0.29) is 12.1 Å². The first-order valence-electron chi connectivity index (χ1n) is 8.92. The molecule has 2 aromatic carbocycles. The summed E-state index contributed by atoms with van der Waals surface area (Å²) in [6.45, 7) is 1.10. The van der Waals surface area contributed by atoms with E-state index in [0.717, 1.165) is 11.0 Å². The van der Waals surface area contributed by atoms with Crippen LogP contribution < -0.4 is 16.0 Å². The average Bonchev–Trinajstić information content (AvgIpc) is 2.95. The zero-order valence-corrected chi connectivity index (χ0v) is 15.6. The van der Waals surface area contributed by atoms with E-state index in [0.29, 0.717) is 5.56 Å². The van der Waals surface area contributed by atoms with E-state index in [2.05, 4.69) is 10.6 Å². The summed E-state index contributed by atoms with van der Waals surface area (Å²) in [6.07, 6.45) is 0.285. The van der Waals surface area contributed by atoms with Crippen molar-refractivity contribution in [3.8, 4) is 0 Å². The first kappa shape index (κ1) is 20.0. The topological polar surface area (TPSA) is 108 Å². The molecule has 1 aliphatic heterocycles. The minimum atomic E-state index is -1.27. The number of carbonyl (C=O) groups excluding carboxylic acids is 4. The SMILES string of the molecule is CC[C@@]1(c2ccccc2)NC(=O)N(CC(=O)NC(=O)Nc2ccccc2F)C1=O.